The van der Waals surface area contributed by atoms with Gasteiger partial charge in [-0.2, -0.15) is 0 Å². The zero-order valence-corrected chi connectivity index (χ0v) is 11.8. The fourth-order valence-electron chi connectivity index (χ4n) is 1.45. The van der Waals surface area contributed by atoms with Crippen molar-refractivity contribution in [3.8, 4) is 0 Å². The molecule has 1 aromatic carbocycles. The van der Waals surface area contributed by atoms with Crippen LogP contribution in [-0.4, -0.2) is 49.4 Å². The Labute approximate surface area is 116 Å². The number of aliphatic hydroxyl groups excluding tert-OH is 1. The summed E-state index contributed by atoms with van der Waals surface area (Å²) < 4.78 is 22.8. The first-order chi connectivity index (χ1) is 9.12. The highest BCUT2D eigenvalue weighted by Crippen LogP contribution is 2.15. The van der Waals surface area contributed by atoms with E-state index in [-0.39, 0.29) is 10.5 Å². The average molecular weight is 301 g/mol. The molecule has 110 valence electrons. The summed E-state index contributed by atoms with van der Waals surface area (Å²) in [5.41, 5.74) is 0.658. The molecule has 1 atom stereocenters. The summed E-state index contributed by atoms with van der Waals surface area (Å²) in [6.45, 7) is 1.16. The summed E-state index contributed by atoms with van der Waals surface area (Å²) >= 11 is 0. The number of rotatable bonds is 5. The number of amides is 1. The molecular weight excluding hydrogens is 286 g/mol. The maximum absolute atomic E-state index is 11.9. The van der Waals surface area contributed by atoms with Gasteiger partial charge in [-0.05, 0) is 24.6 Å². The molecule has 0 unspecified atom stereocenters. The van der Waals surface area contributed by atoms with Crippen LogP contribution < -0.4 is 5.32 Å². The topological polar surface area (TPSA) is 121 Å². The zero-order valence-electron chi connectivity index (χ0n) is 11.0. The van der Waals surface area contributed by atoms with Crippen LogP contribution >= 0.6 is 0 Å². The maximum Gasteiger partial charge on any atom is 0.334 e. The number of carbonyl (C=O) groups is 2. The first-order valence-corrected chi connectivity index (χ1v) is 7.52. The second kappa shape index (κ2) is 6.02. The fraction of sp³-hybridized carbons (Fsp3) is 0.333. The summed E-state index contributed by atoms with van der Waals surface area (Å²) in [6, 6.07) is 4.08. The lowest BCUT2D eigenvalue weighted by atomic mass is 10.1. The van der Waals surface area contributed by atoms with E-state index in [4.69, 9.17) is 10.2 Å². The number of aryl methyl sites for hydroxylation is 1. The smallest absolute Gasteiger partial charge is 0.334 e. The van der Waals surface area contributed by atoms with Gasteiger partial charge in [-0.3, -0.25) is 4.79 Å². The fourth-order valence-corrected chi connectivity index (χ4v) is 2.10. The van der Waals surface area contributed by atoms with Gasteiger partial charge >= 0.3 is 5.97 Å². The highest BCUT2D eigenvalue weighted by atomic mass is 32.2. The number of aliphatic hydroxyl groups is 1. The quantitative estimate of drug-likeness (QED) is 0.679. The molecule has 1 amide bonds. The SMILES string of the molecule is Cc1ccc(S(C)(=O)=O)cc1C(=O)NC[C@H](O)C(=O)O. The number of sulfone groups is 1. The first-order valence-electron chi connectivity index (χ1n) is 5.62. The number of nitrogens with one attached hydrogen (secondary N) is 1. The average Bonchev–Trinajstić information content (AvgIpc) is 2.34. The largest absolute Gasteiger partial charge is 0.479 e. The number of benzene rings is 1. The third kappa shape index (κ3) is 4.04. The van der Waals surface area contributed by atoms with Gasteiger partial charge in [-0.15, -0.1) is 0 Å². The molecule has 0 fully saturated rings. The van der Waals surface area contributed by atoms with Crippen molar-refractivity contribution in [2.75, 3.05) is 12.8 Å². The van der Waals surface area contributed by atoms with E-state index in [0.717, 1.165) is 6.26 Å². The number of carboxylic acids is 1. The molecular formula is C12H15NO6S. The van der Waals surface area contributed by atoms with Gasteiger partial charge in [0.25, 0.3) is 5.91 Å². The summed E-state index contributed by atoms with van der Waals surface area (Å²) in [5.74, 6) is -2.10. The van der Waals surface area contributed by atoms with Crippen LogP contribution in [-0.2, 0) is 14.6 Å². The summed E-state index contributed by atoms with van der Waals surface area (Å²) in [4.78, 5) is 22.3. The van der Waals surface area contributed by atoms with E-state index < -0.39 is 34.4 Å². The molecule has 0 heterocycles. The Kier molecular flexibility index (Phi) is 4.85. The molecule has 0 saturated carbocycles. The van der Waals surface area contributed by atoms with Crippen molar-refractivity contribution in [2.24, 2.45) is 0 Å². The number of hydrogen-bond donors (Lipinski definition) is 3. The van der Waals surface area contributed by atoms with E-state index in [1.54, 1.807) is 6.92 Å². The predicted octanol–water partition coefficient (Wildman–Crippen LogP) is -0.426. The van der Waals surface area contributed by atoms with Crippen LogP contribution in [0.15, 0.2) is 23.1 Å². The van der Waals surface area contributed by atoms with E-state index in [1.807, 2.05) is 0 Å². The van der Waals surface area contributed by atoms with Gasteiger partial charge in [0.2, 0.25) is 0 Å². The molecule has 0 aliphatic heterocycles. The second-order valence-electron chi connectivity index (χ2n) is 4.31. The van der Waals surface area contributed by atoms with Crippen molar-refractivity contribution >= 4 is 21.7 Å². The van der Waals surface area contributed by atoms with Gasteiger partial charge in [0.1, 0.15) is 0 Å². The third-order valence-corrected chi connectivity index (χ3v) is 3.73. The third-order valence-electron chi connectivity index (χ3n) is 2.62. The van der Waals surface area contributed by atoms with E-state index in [9.17, 15) is 18.0 Å². The van der Waals surface area contributed by atoms with Crippen molar-refractivity contribution < 1.29 is 28.2 Å². The molecule has 7 nitrogen and oxygen atoms in total. The minimum absolute atomic E-state index is 0.00738. The van der Waals surface area contributed by atoms with E-state index in [0.29, 0.717) is 5.56 Å². The van der Waals surface area contributed by atoms with E-state index >= 15 is 0 Å². The number of carbonyl (C=O) groups excluding carboxylic acids is 1. The van der Waals surface area contributed by atoms with Crippen LogP contribution in [0, 0.1) is 6.92 Å². The molecule has 1 aromatic rings. The van der Waals surface area contributed by atoms with Crippen LogP contribution in [0.1, 0.15) is 15.9 Å². The molecule has 8 heteroatoms. The minimum Gasteiger partial charge on any atom is -0.479 e. The Bertz CT molecular complexity index is 637. The summed E-state index contributed by atoms with van der Waals surface area (Å²) in [6.07, 6.45) is -0.689. The van der Waals surface area contributed by atoms with E-state index in [2.05, 4.69) is 5.32 Å². The first kappa shape index (κ1) is 16.1. The van der Waals surface area contributed by atoms with Crippen LogP contribution in [0.5, 0.6) is 0 Å². The molecule has 0 bridgehead atoms. The Hall–Kier alpha value is -1.93. The molecule has 1 rings (SSSR count). The monoisotopic (exact) mass is 301 g/mol. The highest BCUT2D eigenvalue weighted by Gasteiger charge is 2.17. The van der Waals surface area contributed by atoms with Gasteiger partial charge in [0.05, 0.1) is 11.4 Å². The van der Waals surface area contributed by atoms with Crippen LogP contribution in [0.25, 0.3) is 0 Å². The normalized spacial score (nSPS) is 12.8. The van der Waals surface area contributed by atoms with Gasteiger partial charge in [-0.1, -0.05) is 6.07 Å². The Morgan fingerprint density at radius 1 is 1.35 bits per heavy atom. The molecule has 0 aliphatic rings. The summed E-state index contributed by atoms with van der Waals surface area (Å²) in [7, 11) is -3.44. The Morgan fingerprint density at radius 3 is 2.45 bits per heavy atom. The molecule has 0 aliphatic carbocycles. The van der Waals surface area contributed by atoms with Crippen LogP contribution in [0.4, 0.5) is 0 Å². The number of aliphatic carboxylic acids is 1. The number of carboxylic acid groups (broad SMARTS) is 1. The lowest BCUT2D eigenvalue weighted by molar-refractivity contribution is -0.146. The van der Waals surface area contributed by atoms with Gasteiger partial charge in [0.15, 0.2) is 15.9 Å². The van der Waals surface area contributed by atoms with Gasteiger partial charge in [0, 0.05) is 11.8 Å². The molecule has 0 saturated heterocycles. The second-order valence-corrected chi connectivity index (χ2v) is 6.33. The Balaban J connectivity index is 2.96. The summed E-state index contributed by atoms with van der Waals surface area (Å²) in [5, 5.41) is 19.8. The number of hydrogen-bond acceptors (Lipinski definition) is 5. The molecule has 0 spiro atoms. The lowest BCUT2D eigenvalue weighted by Crippen LogP contribution is -2.36. The maximum atomic E-state index is 11.9. The molecule has 3 N–H and O–H groups in total. The zero-order chi connectivity index (χ0) is 15.5. The molecule has 0 aromatic heterocycles. The van der Waals surface area contributed by atoms with Crippen LogP contribution in [0.2, 0.25) is 0 Å². The molecule has 20 heavy (non-hydrogen) atoms. The standard InChI is InChI=1S/C12H15NO6S/c1-7-3-4-8(20(2,18)19)5-9(7)11(15)13-6-10(14)12(16)17/h3-5,10,14H,6H2,1-2H3,(H,13,15)(H,16,17)/t10-/m0/s1. The van der Waals surface area contributed by atoms with Crippen LogP contribution in [0.3, 0.4) is 0 Å². The van der Waals surface area contributed by atoms with Crippen molar-refractivity contribution in [3.05, 3.63) is 29.3 Å². The van der Waals surface area contributed by atoms with Gasteiger partial charge in [-0.25, -0.2) is 13.2 Å². The van der Waals surface area contributed by atoms with E-state index in [1.165, 1.54) is 18.2 Å². The highest BCUT2D eigenvalue weighted by molar-refractivity contribution is 7.90. The van der Waals surface area contributed by atoms with Crippen molar-refractivity contribution in [1.29, 1.82) is 0 Å². The predicted molar refractivity (Wildman–Crippen MR) is 70.3 cm³/mol. The van der Waals surface area contributed by atoms with Crippen molar-refractivity contribution in [3.63, 3.8) is 0 Å². The lowest BCUT2D eigenvalue weighted by Gasteiger charge is -2.10. The Morgan fingerprint density at radius 2 is 1.95 bits per heavy atom. The van der Waals surface area contributed by atoms with Crippen molar-refractivity contribution in [2.45, 2.75) is 17.9 Å². The van der Waals surface area contributed by atoms with Gasteiger partial charge < -0.3 is 15.5 Å². The van der Waals surface area contributed by atoms with Crippen molar-refractivity contribution in [1.82, 2.24) is 5.32 Å². The molecule has 0 radical (unpaired) electrons. The minimum atomic E-state index is -3.44.